The molecule has 4 nitrogen and oxygen atoms in total. The molecule has 0 aliphatic carbocycles. The molecule has 17 heavy (non-hydrogen) atoms. The van der Waals surface area contributed by atoms with Crippen LogP contribution in [0.15, 0.2) is 0 Å². The molecule has 2 fully saturated rings. The van der Waals surface area contributed by atoms with E-state index in [1.807, 2.05) is 0 Å². The molecule has 2 heterocycles. The highest BCUT2D eigenvalue weighted by molar-refractivity contribution is 5.77. The van der Waals surface area contributed by atoms with E-state index in [9.17, 15) is 4.79 Å². The van der Waals surface area contributed by atoms with Crippen molar-refractivity contribution in [2.24, 2.45) is 5.92 Å². The van der Waals surface area contributed by atoms with E-state index in [2.05, 4.69) is 17.1 Å². The first-order valence-electron chi connectivity index (χ1n) is 6.92. The van der Waals surface area contributed by atoms with Crippen LogP contribution in [-0.2, 0) is 9.53 Å². The molecule has 98 valence electrons. The summed E-state index contributed by atoms with van der Waals surface area (Å²) in [5.41, 5.74) is 0. The fraction of sp³-hybridized carbons (Fsp3) is 0.923. The van der Waals surface area contributed by atoms with Crippen molar-refractivity contribution in [2.45, 2.75) is 38.6 Å². The minimum atomic E-state index is -0.00725. The SMILES string of the molecule is CCCNCC1CCCN(C2CCOC2=O)C1. The molecule has 2 unspecified atom stereocenters. The summed E-state index contributed by atoms with van der Waals surface area (Å²) in [4.78, 5) is 13.9. The van der Waals surface area contributed by atoms with Crippen LogP contribution in [0.5, 0.6) is 0 Å². The molecular weight excluding hydrogens is 216 g/mol. The number of nitrogens with one attached hydrogen (secondary N) is 1. The van der Waals surface area contributed by atoms with Gasteiger partial charge in [-0.2, -0.15) is 0 Å². The van der Waals surface area contributed by atoms with Gasteiger partial charge in [0, 0.05) is 13.0 Å². The number of hydrogen-bond donors (Lipinski definition) is 1. The summed E-state index contributed by atoms with van der Waals surface area (Å²) in [6.45, 7) is 7.10. The Hall–Kier alpha value is -0.610. The van der Waals surface area contributed by atoms with Gasteiger partial charge in [0.25, 0.3) is 0 Å². The fourth-order valence-corrected chi connectivity index (χ4v) is 2.85. The van der Waals surface area contributed by atoms with Crippen LogP contribution in [0.25, 0.3) is 0 Å². The van der Waals surface area contributed by atoms with Crippen molar-refractivity contribution in [3.63, 3.8) is 0 Å². The average Bonchev–Trinajstić information content (AvgIpc) is 2.76. The van der Waals surface area contributed by atoms with Gasteiger partial charge < -0.3 is 10.1 Å². The lowest BCUT2D eigenvalue weighted by atomic mass is 9.96. The monoisotopic (exact) mass is 240 g/mol. The Morgan fingerprint density at radius 2 is 2.35 bits per heavy atom. The van der Waals surface area contributed by atoms with Crippen molar-refractivity contribution in [3.8, 4) is 0 Å². The first kappa shape index (κ1) is 12.8. The van der Waals surface area contributed by atoms with Gasteiger partial charge in [-0.25, -0.2) is 0 Å². The van der Waals surface area contributed by atoms with Crippen molar-refractivity contribution < 1.29 is 9.53 Å². The summed E-state index contributed by atoms with van der Waals surface area (Å²) in [5, 5.41) is 3.48. The van der Waals surface area contributed by atoms with Crippen LogP contribution in [0.4, 0.5) is 0 Å². The first-order chi connectivity index (χ1) is 8.31. The number of ether oxygens (including phenoxy) is 1. The molecule has 0 aromatic rings. The Labute approximate surface area is 104 Å². The standard InChI is InChI=1S/C13H24N2O2/c1-2-6-14-9-11-4-3-7-15(10-11)12-5-8-17-13(12)16/h11-12,14H,2-10H2,1H3. The van der Waals surface area contributed by atoms with Crippen LogP contribution in [0, 0.1) is 5.92 Å². The number of piperidine rings is 1. The molecule has 0 bridgehead atoms. The first-order valence-corrected chi connectivity index (χ1v) is 6.92. The number of nitrogens with zero attached hydrogens (tertiary/aromatic N) is 1. The maximum absolute atomic E-state index is 11.6. The van der Waals surface area contributed by atoms with Crippen molar-refractivity contribution in [2.75, 3.05) is 32.8 Å². The summed E-state index contributed by atoms with van der Waals surface area (Å²) in [6, 6.07) is 0.0453. The van der Waals surface area contributed by atoms with Gasteiger partial charge in [0.15, 0.2) is 0 Å². The zero-order valence-corrected chi connectivity index (χ0v) is 10.8. The molecule has 0 saturated carbocycles. The van der Waals surface area contributed by atoms with Gasteiger partial charge >= 0.3 is 5.97 Å². The number of likely N-dealkylation sites (tertiary alicyclic amines) is 1. The van der Waals surface area contributed by atoms with E-state index in [1.165, 1.54) is 19.3 Å². The third kappa shape index (κ3) is 3.42. The Morgan fingerprint density at radius 3 is 3.06 bits per heavy atom. The van der Waals surface area contributed by atoms with Gasteiger partial charge in [-0.05, 0) is 44.8 Å². The van der Waals surface area contributed by atoms with E-state index >= 15 is 0 Å². The van der Waals surface area contributed by atoms with Crippen molar-refractivity contribution in [3.05, 3.63) is 0 Å². The van der Waals surface area contributed by atoms with Crippen molar-refractivity contribution >= 4 is 5.97 Å². The summed E-state index contributed by atoms with van der Waals surface area (Å²) in [5.74, 6) is 0.691. The van der Waals surface area contributed by atoms with Crippen LogP contribution in [0.3, 0.4) is 0 Å². The fourth-order valence-electron chi connectivity index (χ4n) is 2.85. The second kappa shape index (κ2) is 6.36. The van der Waals surface area contributed by atoms with Crippen molar-refractivity contribution in [1.29, 1.82) is 0 Å². The molecule has 1 N–H and O–H groups in total. The highest BCUT2D eigenvalue weighted by Crippen LogP contribution is 2.22. The molecule has 2 aliphatic heterocycles. The molecular formula is C13H24N2O2. The van der Waals surface area contributed by atoms with E-state index in [0.29, 0.717) is 12.5 Å². The van der Waals surface area contributed by atoms with E-state index in [4.69, 9.17) is 4.74 Å². The van der Waals surface area contributed by atoms with Crippen LogP contribution < -0.4 is 5.32 Å². The van der Waals surface area contributed by atoms with Crippen LogP contribution in [-0.4, -0.2) is 49.7 Å². The van der Waals surface area contributed by atoms with E-state index in [-0.39, 0.29) is 12.0 Å². The molecule has 0 aromatic carbocycles. The second-order valence-electron chi connectivity index (χ2n) is 5.18. The lowest BCUT2D eigenvalue weighted by Gasteiger charge is -2.35. The Kier molecular flexibility index (Phi) is 4.80. The molecule has 0 radical (unpaired) electrons. The number of esters is 1. The second-order valence-corrected chi connectivity index (χ2v) is 5.18. The number of cyclic esters (lactones) is 1. The van der Waals surface area contributed by atoms with E-state index < -0.39 is 0 Å². The zero-order chi connectivity index (χ0) is 12.1. The summed E-state index contributed by atoms with van der Waals surface area (Å²) >= 11 is 0. The maximum atomic E-state index is 11.6. The number of hydrogen-bond acceptors (Lipinski definition) is 4. The quantitative estimate of drug-likeness (QED) is 0.575. The molecule has 2 aliphatic rings. The Balaban J connectivity index is 1.78. The van der Waals surface area contributed by atoms with Crippen LogP contribution in [0.1, 0.15) is 32.6 Å². The number of carbonyl (C=O) groups is 1. The molecule has 0 spiro atoms. The van der Waals surface area contributed by atoms with Crippen molar-refractivity contribution in [1.82, 2.24) is 10.2 Å². The smallest absolute Gasteiger partial charge is 0.323 e. The highest BCUT2D eigenvalue weighted by Gasteiger charge is 2.34. The van der Waals surface area contributed by atoms with E-state index in [1.54, 1.807) is 0 Å². The minimum Gasteiger partial charge on any atom is -0.464 e. The molecule has 0 amide bonds. The highest BCUT2D eigenvalue weighted by atomic mass is 16.5. The summed E-state index contributed by atoms with van der Waals surface area (Å²) < 4.78 is 5.06. The topological polar surface area (TPSA) is 41.6 Å². The Morgan fingerprint density at radius 1 is 1.47 bits per heavy atom. The Bertz CT molecular complexity index is 258. The average molecular weight is 240 g/mol. The van der Waals surface area contributed by atoms with Crippen LogP contribution >= 0.6 is 0 Å². The molecule has 2 atom stereocenters. The molecule has 2 rings (SSSR count). The lowest BCUT2D eigenvalue weighted by Crippen LogP contribution is -2.46. The van der Waals surface area contributed by atoms with Gasteiger partial charge in [-0.1, -0.05) is 6.92 Å². The largest absolute Gasteiger partial charge is 0.464 e. The van der Waals surface area contributed by atoms with Gasteiger partial charge in [0.05, 0.1) is 6.61 Å². The normalized spacial score (nSPS) is 30.5. The molecule has 2 saturated heterocycles. The summed E-state index contributed by atoms with van der Waals surface area (Å²) in [7, 11) is 0. The minimum absolute atomic E-state index is 0.00725. The van der Waals surface area contributed by atoms with Crippen LogP contribution in [0.2, 0.25) is 0 Å². The van der Waals surface area contributed by atoms with Gasteiger partial charge in [0.1, 0.15) is 6.04 Å². The number of rotatable bonds is 5. The van der Waals surface area contributed by atoms with Gasteiger partial charge in [-0.15, -0.1) is 0 Å². The predicted molar refractivity (Wildman–Crippen MR) is 66.8 cm³/mol. The van der Waals surface area contributed by atoms with E-state index in [0.717, 1.165) is 32.6 Å². The molecule has 0 aromatic heterocycles. The predicted octanol–water partition coefficient (Wildman–Crippen LogP) is 1.01. The summed E-state index contributed by atoms with van der Waals surface area (Å²) in [6.07, 6.45) is 4.57. The van der Waals surface area contributed by atoms with Gasteiger partial charge in [0.2, 0.25) is 0 Å². The van der Waals surface area contributed by atoms with Gasteiger partial charge in [-0.3, -0.25) is 9.69 Å². The number of carbonyl (C=O) groups excluding carboxylic acids is 1. The third-order valence-corrected chi connectivity index (χ3v) is 3.76. The lowest BCUT2D eigenvalue weighted by molar-refractivity contribution is -0.142. The zero-order valence-electron chi connectivity index (χ0n) is 10.8. The molecule has 4 heteroatoms. The maximum Gasteiger partial charge on any atom is 0.323 e. The third-order valence-electron chi connectivity index (χ3n) is 3.76.